The molecule has 0 heterocycles. The van der Waals surface area contributed by atoms with Crippen LogP contribution in [-0.2, 0) is 9.59 Å². The van der Waals surface area contributed by atoms with Gasteiger partial charge in [0, 0.05) is 11.1 Å². The predicted molar refractivity (Wildman–Crippen MR) is 173 cm³/mol. The molecule has 5 aromatic rings. The zero-order chi connectivity index (χ0) is 30.4. The molecule has 8 nitrogen and oxygen atoms in total. The Kier molecular flexibility index (Phi) is 10.2. The van der Waals surface area contributed by atoms with E-state index in [-0.39, 0.29) is 25.0 Å². The van der Waals surface area contributed by atoms with Gasteiger partial charge in [-0.1, -0.05) is 121 Å². The van der Waals surface area contributed by atoms with E-state index >= 15 is 0 Å². The van der Waals surface area contributed by atoms with Crippen LogP contribution in [0.4, 0.5) is 0 Å². The van der Waals surface area contributed by atoms with Crippen molar-refractivity contribution < 1.29 is 19.1 Å². The van der Waals surface area contributed by atoms with Gasteiger partial charge in [0.05, 0.1) is 12.4 Å². The second-order valence-corrected chi connectivity index (χ2v) is 9.55. The first-order chi connectivity index (χ1) is 21.7. The Morgan fingerprint density at radius 1 is 0.500 bits per heavy atom. The molecule has 0 aliphatic heterocycles. The highest BCUT2D eigenvalue weighted by Crippen LogP contribution is 2.30. The number of hydrogen-bond acceptors (Lipinski definition) is 6. The number of benzene rings is 5. The zero-order valence-corrected chi connectivity index (χ0v) is 23.8. The van der Waals surface area contributed by atoms with Gasteiger partial charge in [0.25, 0.3) is 11.8 Å². The van der Waals surface area contributed by atoms with Crippen molar-refractivity contribution in [2.75, 3.05) is 13.2 Å². The fourth-order valence-corrected chi connectivity index (χ4v) is 4.27. The van der Waals surface area contributed by atoms with Crippen molar-refractivity contribution in [2.45, 2.75) is 0 Å². The van der Waals surface area contributed by atoms with Crippen molar-refractivity contribution >= 4 is 24.2 Å². The van der Waals surface area contributed by atoms with Crippen molar-refractivity contribution in [1.82, 2.24) is 10.9 Å². The number of rotatable bonds is 12. The summed E-state index contributed by atoms with van der Waals surface area (Å²) in [5, 5.41) is 8.02. The Labute approximate surface area is 255 Å². The molecule has 5 rings (SSSR count). The first-order valence-corrected chi connectivity index (χ1v) is 13.9. The van der Waals surface area contributed by atoms with Gasteiger partial charge in [-0.25, -0.2) is 10.9 Å². The van der Waals surface area contributed by atoms with Crippen LogP contribution in [0.1, 0.15) is 11.1 Å². The molecule has 2 amide bonds. The molecule has 218 valence electrons. The van der Waals surface area contributed by atoms with Crippen LogP contribution >= 0.6 is 0 Å². The lowest BCUT2D eigenvalue weighted by Gasteiger charge is -2.11. The van der Waals surface area contributed by atoms with Crippen molar-refractivity contribution in [3.05, 3.63) is 145 Å². The lowest BCUT2D eigenvalue weighted by Crippen LogP contribution is -2.24. The summed E-state index contributed by atoms with van der Waals surface area (Å²) >= 11 is 0. The van der Waals surface area contributed by atoms with E-state index in [9.17, 15) is 9.59 Å². The first kappa shape index (κ1) is 29.5. The molecular weight excluding hydrogens is 552 g/mol. The summed E-state index contributed by atoms with van der Waals surface area (Å²) < 4.78 is 11.5. The molecule has 0 aliphatic rings. The minimum atomic E-state index is -0.379. The Bertz CT molecular complexity index is 1610. The molecular formula is C36H30N4O4. The summed E-state index contributed by atoms with van der Waals surface area (Å²) in [7, 11) is 0. The quantitative estimate of drug-likeness (QED) is 0.138. The molecule has 0 saturated carbocycles. The van der Waals surface area contributed by atoms with E-state index in [0.29, 0.717) is 11.5 Å². The summed E-state index contributed by atoms with van der Waals surface area (Å²) in [6, 6.07) is 42.1. The third-order valence-electron chi connectivity index (χ3n) is 6.40. The van der Waals surface area contributed by atoms with Crippen LogP contribution in [0.5, 0.6) is 11.5 Å². The molecule has 0 saturated heterocycles. The average molecular weight is 583 g/mol. The summed E-state index contributed by atoms with van der Waals surface area (Å²) in [6.07, 6.45) is 3.06. The van der Waals surface area contributed by atoms with Gasteiger partial charge in [0.15, 0.2) is 13.2 Å². The maximum Gasteiger partial charge on any atom is 0.277 e. The molecule has 5 aromatic carbocycles. The maximum atomic E-state index is 12.3. The number of carbonyl (C=O) groups excluding carboxylic acids is 2. The van der Waals surface area contributed by atoms with Gasteiger partial charge in [0.2, 0.25) is 0 Å². The zero-order valence-electron chi connectivity index (χ0n) is 23.8. The average Bonchev–Trinajstić information content (AvgIpc) is 3.08. The number of nitrogens with zero attached hydrogens (tertiary/aromatic N) is 2. The van der Waals surface area contributed by atoms with Gasteiger partial charge in [-0.15, -0.1) is 0 Å². The van der Waals surface area contributed by atoms with Crippen LogP contribution in [0.2, 0.25) is 0 Å². The van der Waals surface area contributed by atoms with Crippen LogP contribution in [-0.4, -0.2) is 37.5 Å². The molecule has 0 spiro atoms. The van der Waals surface area contributed by atoms with E-state index in [2.05, 4.69) is 21.1 Å². The summed E-state index contributed by atoms with van der Waals surface area (Å²) in [6.45, 7) is -0.347. The minimum Gasteiger partial charge on any atom is -0.483 e. The monoisotopic (exact) mass is 582 g/mol. The molecule has 0 fully saturated rings. The van der Waals surface area contributed by atoms with Gasteiger partial charge < -0.3 is 9.47 Å². The largest absolute Gasteiger partial charge is 0.483 e. The minimum absolute atomic E-state index is 0.174. The lowest BCUT2D eigenvalue weighted by atomic mass is 10.1. The number of carbonyl (C=O) groups is 2. The molecule has 44 heavy (non-hydrogen) atoms. The van der Waals surface area contributed by atoms with Crippen molar-refractivity contribution in [3.8, 4) is 33.8 Å². The van der Waals surface area contributed by atoms with Crippen LogP contribution in [0.25, 0.3) is 22.3 Å². The number of para-hydroxylation sites is 2. The van der Waals surface area contributed by atoms with E-state index in [1.165, 1.54) is 12.4 Å². The molecule has 8 heteroatoms. The van der Waals surface area contributed by atoms with E-state index in [0.717, 1.165) is 33.4 Å². The molecule has 0 unspecified atom stereocenters. The Balaban J connectivity index is 1.05. The molecule has 0 bridgehead atoms. The van der Waals surface area contributed by atoms with Crippen LogP contribution < -0.4 is 20.3 Å². The lowest BCUT2D eigenvalue weighted by molar-refractivity contribution is -0.123. The van der Waals surface area contributed by atoms with Crippen molar-refractivity contribution in [2.24, 2.45) is 10.2 Å². The third-order valence-corrected chi connectivity index (χ3v) is 6.40. The van der Waals surface area contributed by atoms with E-state index in [4.69, 9.17) is 9.47 Å². The number of ether oxygens (including phenoxy) is 2. The number of nitrogens with one attached hydrogen (secondary N) is 2. The summed E-state index contributed by atoms with van der Waals surface area (Å²) in [5.74, 6) is 0.478. The maximum absolute atomic E-state index is 12.3. The van der Waals surface area contributed by atoms with Gasteiger partial charge >= 0.3 is 0 Å². The van der Waals surface area contributed by atoms with Gasteiger partial charge in [-0.3, -0.25) is 9.59 Å². The third kappa shape index (κ3) is 8.50. The Hall–Kier alpha value is -6.02. The normalized spacial score (nSPS) is 10.9. The highest BCUT2D eigenvalue weighted by Gasteiger charge is 2.09. The first-order valence-electron chi connectivity index (χ1n) is 13.9. The summed E-state index contributed by atoms with van der Waals surface area (Å²) in [4.78, 5) is 24.6. The van der Waals surface area contributed by atoms with Crippen LogP contribution in [0.15, 0.2) is 144 Å². The molecule has 2 N–H and O–H groups in total. The molecule has 0 radical (unpaired) electrons. The fourth-order valence-electron chi connectivity index (χ4n) is 4.27. The van der Waals surface area contributed by atoms with Crippen molar-refractivity contribution in [3.63, 3.8) is 0 Å². The Morgan fingerprint density at radius 3 is 1.27 bits per heavy atom. The topological polar surface area (TPSA) is 101 Å². The molecule has 0 aromatic heterocycles. The fraction of sp³-hybridized carbons (Fsp3) is 0.0556. The number of hydrogen-bond donors (Lipinski definition) is 2. The number of hydrazone groups is 2. The SMILES string of the molecule is O=C(COc1ccccc1-c1ccccc1)NN=Cc1ccc(C=NNC(=O)COc2ccccc2-c2ccccc2)cc1. The van der Waals surface area contributed by atoms with E-state index in [1.54, 1.807) is 0 Å². The highest BCUT2D eigenvalue weighted by molar-refractivity contribution is 5.86. The molecule has 0 atom stereocenters. The van der Waals surface area contributed by atoms with E-state index in [1.807, 2.05) is 133 Å². The molecule has 0 aliphatic carbocycles. The van der Waals surface area contributed by atoms with Gasteiger partial charge in [-0.05, 0) is 34.4 Å². The second kappa shape index (κ2) is 15.3. The van der Waals surface area contributed by atoms with Crippen molar-refractivity contribution in [1.29, 1.82) is 0 Å². The van der Waals surface area contributed by atoms with E-state index < -0.39 is 0 Å². The highest BCUT2D eigenvalue weighted by atomic mass is 16.5. The Morgan fingerprint density at radius 2 is 0.864 bits per heavy atom. The summed E-state index contributed by atoms with van der Waals surface area (Å²) in [5.41, 5.74) is 10.3. The smallest absolute Gasteiger partial charge is 0.277 e. The van der Waals surface area contributed by atoms with Gasteiger partial charge in [-0.2, -0.15) is 10.2 Å². The van der Waals surface area contributed by atoms with Crippen LogP contribution in [0.3, 0.4) is 0 Å². The van der Waals surface area contributed by atoms with Crippen LogP contribution in [0, 0.1) is 0 Å². The second-order valence-electron chi connectivity index (χ2n) is 9.55. The predicted octanol–water partition coefficient (Wildman–Crippen LogP) is 6.08. The van der Waals surface area contributed by atoms with Gasteiger partial charge in [0.1, 0.15) is 11.5 Å². The number of amides is 2. The standard InChI is InChI=1S/C36H30N4O4/c41-35(25-43-33-17-9-7-15-31(33)29-11-3-1-4-12-29)39-37-23-27-19-21-28(22-20-27)24-38-40-36(42)26-44-34-18-10-8-16-32(34)30-13-5-2-6-14-30/h1-24H,25-26H2,(H,39,41)(H,40,42).